The lowest BCUT2D eigenvalue weighted by molar-refractivity contribution is -0.120. The molecule has 0 bridgehead atoms. The van der Waals surface area contributed by atoms with Crippen LogP contribution in [0.2, 0.25) is 0 Å². The number of carbonyl (C=O) groups is 1. The van der Waals surface area contributed by atoms with E-state index in [1.54, 1.807) is 0 Å². The Hall–Kier alpha value is -1.11. The minimum atomic E-state index is 0.208. The molecule has 1 atom stereocenters. The molecule has 19 heavy (non-hydrogen) atoms. The molecule has 3 rings (SSSR count). The Balaban J connectivity index is 1.56. The number of ketones is 1. The molecule has 1 saturated carbocycles. The van der Waals surface area contributed by atoms with Crippen LogP contribution in [0.5, 0.6) is 0 Å². The first-order chi connectivity index (χ1) is 9.34. The predicted octanol–water partition coefficient (Wildman–Crippen LogP) is 4.65. The molecule has 2 aliphatic rings. The number of hydrogen-bond acceptors (Lipinski definition) is 1. The number of Topliss-reactive ketones (excluding diaryl/α,β-unsaturated/α-hetero) is 1. The van der Waals surface area contributed by atoms with Crippen LogP contribution in [-0.2, 0) is 11.2 Å². The number of rotatable bonds is 4. The molecule has 1 aromatic rings. The van der Waals surface area contributed by atoms with Crippen molar-refractivity contribution in [1.82, 2.24) is 0 Å². The van der Waals surface area contributed by atoms with Crippen molar-refractivity contribution in [3.05, 3.63) is 35.4 Å². The van der Waals surface area contributed by atoms with Crippen molar-refractivity contribution in [1.29, 1.82) is 0 Å². The summed E-state index contributed by atoms with van der Waals surface area (Å²) in [5.41, 5.74) is 2.72. The zero-order chi connectivity index (χ0) is 13.1. The smallest absolute Gasteiger partial charge is 0.140 e. The summed E-state index contributed by atoms with van der Waals surface area (Å²) >= 11 is 0. The number of hydrogen-bond donors (Lipinski definition) is 0. The van der Waals surface area contributed by atoms with E-state index in [-0.39, 0.29) is 5.92 Å². The molecule has 0 aromatic heterocycles. The van der Waals surface area contributed by atoms with E-state index in [9.17, 15) is 4.79 Å². The van der Waals surface area contributed by atoms with Crippen molar-refractivity contribution in [2.75, 3.05) is 0 Å². The highest BCUT2D eigenvalue weighted by molar-refractivity contribution is 5.86. The summed E-state index contributed by atoms with van der Waals surface area (Å²) in [4.78, 5) is 12.5. The third kappa shape index (κ3) is 2.91. The van der Waals surface area contributed by atoms with Crippen LogP contribution in [0.25, 0.3) is 0 Å². The second-order valence-corrected chi connectivity index (χ2v) is 6.30. The molecule has 1 nitrogen and oxygen atoms in total. The van der Waals surface area contributed by atoms with Gasteiger partial charge in [0.2, 0.25) is 0 Å². The minimum absolute atomic E-state index is 0.208. The van der Waals surface area contributed by atoms with Gasteiger partial charge in [0, 0.05) is 12.3 Å². The van der Waals surface area contributed by atoms with Gasteiger partial charge in [-0.25, -0.2) is 0 Å². The molecule has 0 amide bonds. The van der Waals surface area contributed by atoms with Crippen LogP contribution in [0, 0.1) is 5.92 Å². The van der Waals surface area contributed by atoms with Crippen LogP contribution in [-0.4, -0.2) is 5.78 Å². The fourth-order valence-electron chi connectivity index (χ4n) is 3.89. The van der Waals surface area contributed by atoms with Crippen molar-refractivity contribution < 1.29 is 4.79 Å². The Morgan fingerprint density at radius 1 is 1.05 bits per heavy atom. The second kappa shape index (κ2) is 5.90. The third-order valence-electron chi connectivity index (χ3n) is 5.05. The molecular formula is C18H24O. The van der Waals surface area contributed by atoms with Crippen molar-refractivity contribution in [2.24, 2.45) is 5.92 Å². The van der Waals surface area contributed by atoms with E-state index in [4.69, 9.17) is 0 Å². The molecule has 0 N–H and O–H groups in total. The van der Waals surface area contributed by atoms with Gasteiger partial charge in [-0.1, -0.05) is 56.4 Å². The van der Waals surface area contributed by atoms with E-state index in [0.29, 0.717) is 5.78 Å². The van der Waals surface area contributed by atoms with Gasteiger partial charge in [-0.05, 0) is 36.3 Å². The summed E-state index contributed by atoms with van der Waals surface area (Å²) in [5, 5.41) is 0. The zero-order valence-electron chi connectivity index (χ0n) is 11.7. The Morgan fingerprint density at radius 2 is 1.84 bits per heavy atom. The van der Waals surface area contributed by atoms with Crippen LogP contribution in [0.3, 0.4) is 0 Å². The molecule has 0 radical (unpaired) electrons. The maximum atomic E-state index is 12.5. The van der Waals surface area contributed by atoms with Crippen molar-refractivity contribution in [3.8, 4) is 0 Å². The SMILES string of the molecule is O=C(CCC1CCCCC1)C1CCc2ccccc21. The quantitative estimate of drug-likeness (QED) is 0.766. The lowest BCUT2D eigenvalue weighted by Gasteiger charge is -2.21. The van der Waals surface area contributed by atoms with Gasteiger partial charge >= 0.3 is 0 Å². The van der Waals surface area contributed by atoms with E-state index in [0.717, 1.165) is 31.6 Å². The van der Waals surface area contributed by atoms with Gasteiger partial charge in [-0.2, -0.15) is 0 Å². The third-order valence-corrected chi connectivity index (χ3v) is 5.05. The highest BCUT2D eigenvalue weighted by atomic mass is 16.1. The molecule has 1 fully saturated rings. The first-order valence-corrected chi connectivity index (χ1v) is 7.95. The molecule has 102 valence electrons. The number of benzene rings is 1. The van der Waals surface area contributed by atoms with Crippen molar-refractivity contribution in [2.45, 2.75) is 63.7 Å². The van der Waals surface area contributed by atoms with E-state index < -0.39 is 0 Å². The molecule has 1 heteroatoms. The summed E-state index contributed by atoms with van der Waals surface area (Å²) in [7, 11) is 0. The topological polar surface area (TPSA) is 17.1 Å². The summed E-state index contributed by atoms with van der Waals surface area (Å²) in [6, 6.07) is 8.51. The van der Waals surface area contributed by atoms with Crippen LogP contribution < -0.4 is 0 Å². The molecule has 0 saturated heterocycles. The van der Waals surface area contributed by atoms with Gasteiger partial charge < -0.3 is 0 Å². The predicted molar refractivity (Wildman–Crippen MR) is 78.3 cm³/mol. The van der Waals surface area contributed by atoms with Gasteiger partial charge in [0.05, 0.1) is 0 Å². The average molecular weight is 256 g/mol. The number of carbonyl (C=O) groups excluding carboxylic acids is 1. The highest BCUT2D eigenvalue weighted by Crippen LogP contribution is 2.35. The van der Waals surface area contributed by atoms with Gasteiger partial charge in [-0.15, -0.1) is 0 Å². The van der Waals surface area contributed by atoms with Gasteiger partial charge in [0.15, 0.2) is 0 Å². The first kappa shape index (κ1) is 12.9. The molecule has 1 unspecified atom stereocenters. The number of aryl methyl sites for hydroxylation is 1. The maximum absolute atomic E-state index is 12.5. The molecule has 0 spiro atoms. The molecule has 0 heterocycles. The summed E-state index contributed by atoms with van der Waals surface area (Å²) in [6.07, 6.45) is 11.0. The fourth-order valence-corrected chi connectivity index (χ4v) is 3.89. The lowest BCUT2D eigenvalue weighted by Crippen LogP contribution is -2.13. The first-order valence-electron chi connectivity index (χ1n) is 7.95. The van der Waals surface area contributed by atoms with E-state index in [1.807, 2.05) is 0 Å². The second-order valence-electron chi connectivity index (χ2n) is 6.30. The lowest BCUT2D eigenvalue weighted by atomic mass is 9.84. The fraction of sp³-hybridized carbons (Fsp3) is 0.611. The zero-order valence-corrected chi connectivity index (χ0v) is 11.7. The van der Waals surface area contributed by atoms with Crippen LogP contribution in [0.4, 0.5) is 0 Å². The summed E-state index contributed by atoms with van der Waals surface area (Å²) in [6.45, 7) is 0. The Morgan fingerprint density at radius 3 is 2.68 bits per heavy atom. The monoisotopic (exact) mass is 256 g/mol. The molecule has 2 aliphatic carbocycles. The summed E-state index contributed by atoms with van der Waals surface area (Å²) in [5.74, 6) is 1.53. The molecule has 0 aliphatic heterocycles. The van der Waals surface area contributed by atoms with Crippen molar-refractivity contribution in [3.63, 3.8) is 0 Å². The number of fused-ring (bicyclic) bond motifs is 1. The van der Waals surface area contributed by atoms with E-state index in [2.05, 4.69) is 24.3 Å². The van der Waals surface area contributed by atoms with Gasteiger partial charge in [0.1, 0.15) is 5.78 Å². The Labute approximate surface area is 116 Å². The standard InChI is InChI=1S/C18H24O/c19-18(13-10-14-6-2-1-3-7-14)17-12-11-15-8-4-5-9-16(15)17/h4-5,8-9,14,17H,1-3,6-7,10-13H2. The van der Waals surface area contributed by atoms with Gasteiger partial charge in [-0.3, -0.25) is 4.79 Å². The van der Waals surface area contributed by atoms with E-state index >= 15 is 0 Å². The Bertz CT molecular complexity index is 443. The van der Waals surface area contributed by atoms with Crippen LogP contribution >= 0.6 is 0 Å². The average Bonchev–Trinajstić information content (AvgIpc) is 2.90. The van der Waals surface area contributed by atoms with E-state index in [1.165, 1.54) is 43.2 Å². The van der Waals surface area contributed by atoms with Crippen LogP contribution in [0.1, 0.15) is 68.4 Å². The largest absolute Gasteiger partial charge is 0.299 e. The molecular weight excluding hydrogens is 232 g/mol. The normalized spacial score (nSPS) is 23.3. The Kier molecular flexibility index (Phi) is 4.00. The minimum Gasteiger partial charge on any atom is -0.299 e. The van der Waals surface area contributed by atoms with Crippen LogP contribution in [0.15, 0.2) is 24.3 Å². The van der Waals surface area contributed by atoms with Gasteiger partial charge in [0.25, 0.3) is 0 Å². The summed E-state index contributed by atoms with van der Waals surface area (Å²) < 4.78 is 0. The maximum Gasteiger partial charge on any atom is 0.140 e. The van der Waals surface area contributed by atoms with Crippen molar-refractivity contribution >= 4 is 5.78 Å². The highest BCUT2D eigenvalue weighted by Gasteiger charge is 2.28. The molecule has 1 aromatic carbocycles.